The number of nitrogens with zero attached hydrogens (tertiary/aromatic N) is 1. The highest BCUT2D eigenvalue weighted by molar-refractivity contribution is 8.26. The lowest BCUT2D eigenvalue weighted by atomic mass is 10.1. The van der Waals surface area contributed by atoms with Crippen LogP contribution in [-0.4, -0.2) is 26.8 Å². The van der Waals surface area contributed by atoms with Crippen molar-refractivity contribution in [3.8, 4) is 5.75 Å². The zero-order valence-electron chi connectivity index (χ0n) is 12.3. The smallest absolute Gasteiger partial charge is 0.266 e. The van der Waals surface area contributed by atoms with Gasteiger partial charge in [0.15, 0.2) is 0 Å². The van der Waals surface area contributed by atoms with Gasteiger partial charge in [0.25, 0.3) is 5.91 Å². The number of benzene rings is 2. The summed E-state index contributed by atoms with van der Waals surface area (Å²) in [5.41, 5.74) is 1.79. The molecule has 0 saturated carbocycles. The fourth-order valence-corrected chi connectivity index (χ4v) is 3.63. The molecule has 0 aromatic heterocycles. The first-order chi connectivity index (χ1) is 11.1. The first-order valence-electron chi connectivity index (χ1n) is 7.22. The third-order valence-electron chi connectivity index (χ3n) is 3.56. The maximum Gasteiger partial charge on any atom is 0.266 e. The molecule has 0 radical (unpaired) electrons. The van der Waals surface area contributed by atoms with Gasteiger partial charge in [-0.15, -0.1) is 0 Å². The van der Waals surface area contributed by atoms with Crippen LogP contribution in [-0.2, 0) is 11.2 Å². The van der Waals surface area contributed by atoms with E-state index in [2.05, 4.69) is 0 Å². The van der Waals surface area contributed by atoms with Crippen LogP contribution in [0.2, 0.25) is 0 Å². The Balaban J connectivity index is 1.74. The summed E-state index contributed by atoms with van der Waals surface area (Å²) in [6.45, 7) is 0.562. The monoisotopic (exact) mass is 341 g/mol. The molecule has 3 rings (SSSR count). The molecular formula is C18H15NO2S2. The number of carbonyl (C=O) groups is 1. The summed E-state index contributed by atoms with van der Waals surface area (Å²) in [7, 11) is 0. The number of phenols is 1. The Morgan fingerprint density at radius 1 is 1.09 bits per heavy atom. The standard InChI is InChI=1S/C18H15NO2S2/c20-15-9-5-4-8-14(15)12-16-17(21)19(18(22)23-16)11-10-13-6-2-1-3-7-13/h1-9,12,20H,10-11H2. The molecule has 1 heterocycles. The zero-order valence-corrected chi connectivity index (χ0v) is 13.9. The van der Waals surface area contributed by atoms with Crippen molar-refractivity contribution < 1.29 is 9.90 Å². The molecule has 0 bridgehead atoms. The Morgan fingerprint density at radius 2 is 1.78 bits per heavy atom. The topological polar surface area (TPSA) is 40.5 Å². The summed E-state index contributed by atoms with van der Waals surface area (Å²) in [5.74, 6) is 0.0567. The van der Waals surface area contributed by atoms with Crippen LogP contribution >= 0.6 is 24.0 Å². The van der Waals surface area contributed by atoms with Crippen molar-refractivity contribution in [2.45, 2.75) is 6.42 Å². The number of hydrogen-bond donors (Lipinski definition) is 1. The van der Waals surface area contributed by atoms with Gasteiger partial charge in [-0.1, -0.05) is 72.5 Å². The van der Waals surface area contributed by atoms with Crippen LogP contribution in [0, 0.1) is 0 Å². The minimum Gasteiger partial charge on any atom is -0.507 e. The maximum absolute atomic E-state index is 12.5. The van der Waals surface area contributed by atoms with Crippen LogP contribution in [0.1, 0.15) is 11.1 Å². The van der Waals surface area contributed by atoms with Gasteiger partial charge in [0.05, 0.1) is 4.91 Å². The quantitative estimate of drug-likeness (QED) is 0.678. The number of rotatable bonds is 4. The minimum atomic E-state index is -0.0980. The molecular weight excluding hydrogens is 326 g/mol. The summed E-state index contributed by atoms with van der Waals surface area (Å²) >= 11 is 6.60. The van der Waals surface area contributed by atoms with Crippen molar-refractivity contribution in [2.75, 3.05) is 6.54 Å². The van der Waals surface area contributed by atoms with Gasteiger partial charge in [0.1, 0.15) is 10.1 Å². The van der Waals surface area contributed by atoms with E-state index in [-0.39, 0.29) is 11.7 Å². The molecule has 2 aromatic rings. The van der Waals surface area contributed by atoms with Crippen LogP contribution in [0.4, 0.5) is 0 Å². The Bertz CT molecular complexity index is 772. The molecule has 1 fully saturated rings. The lowest BCUT2D eigenvalue weighted by Gasteiger charge is -2.14. The van der Waals surface area contributed by atoms with E-state index in [1.165, 1.54) is 17.3 Å². The van der Waals surface area contributed by atoms with Crippen LogP contribution in [0.15, 0.2) is 59.5 Å². The molecule has 0 aliphatic carbocycles. The van der Waals surface area contributed by atoms with E-state index < -0.39 is 0 Å². The Kier molecular flexibility index (Phi) is 4.79. The van der Waals surface area contributed by atoms with E-state index in [0.717, 1.165) is 6.42 Å². The van der Waals surface area contributed by atoms with Crippen molar-refractivity contribution in [1.29, 1.82) is 0 Å². The Labute approximate surface area is 144 Å². The molecule has 5 heteroatoms. The second kappa shape index (κ2) is 6.98. The SMILES string of the molecule is O=C1C(=Cc2ccccc2O)SC(=S)N1CCc1ccccc1. The van der Waals surface area contributed by atoms with Gasteiger partial charge >= 0.3 is 0 Å². The van der Waals surface area contributed by atoms with E-state index in [1.807, 2.05) is 36.4 Å². The zero-order chi connectivity index (χ0) is 16.2. The fourth-order valence-electron chi connectivity index (χ4n) is 2.33. The molecule has 2 aromatic carbocycles. The summed E-state index contributed by atoms with van der Waals surface area (Å²) < 4.78 is 0.563. The molecule has 1 N–H and O–H groups in total. The first-order valence-corrected chi connectivity index (χ1v) is 8.45. The largest absolute Gasteiger partial charge is 0.507 e. The molecule has 0 spiro atoms. The maximum atomic E-state index is 12.5. The van der Waals surface area contributed by atoms with Crippen LogP contribution < -0.4 is 0 Å². The number of phenolic OH excluding ortho intramolecular Hbond substituents is 1. The highest BCUT2D eigenvalue weighted by Crippen LogP contribution is 2.34. The Morgan fingerprint density at radius 3 is 2.52 bits per heavy atom. The first kappa shape index (κ1) is 15.8. The average Bonchev–Trinajstić information content (AvgIpc) is 2.82. The van der Waals surface area contributed by atoms with Gasteiger partial charge in [-0.25, -0.2) is 0 Å². The lowest BCUT2D eigenvalue weighted by molar-refractivity contribution is -0.122. The van der Waals surface area contributed by atoms with Crippen molar-refractivity contribution in [3.63, 3.8) is 0 Å². The number of thioether (sulfide) groups is 1. The second-order valence-electron chi connectivity index (χ2n) is 5.13. The molecule has 3 nitrogen and oxygen atoms in total. The van der Waals surface area contributed by atoms with Gasteiger partial charge in [0, 0.05) is 12.1 Å². The van der Waals surface area contributed by atoms with Gasteiger partial charge in [0.2, 0.25) is 0 Å². The lowest BCUT2D eigenvalue weighted by Crippen LogP contribution is -2.30. The summed E-state index contributed by atoms with van der Waals surface area (Å²) in [5, 5.41) is 9.83. The number of para-hydroxylation sites is 1. The van der Waals surface area contributed by atoms with Crippen LogP contribution in [0.25, 0.3) is 6.08 Å². The third-order valence-corrected chi connectivity index (χ3v) is 4.94. The molecule has 1 saturated heterocycles. The molecule has 116 valence electrons. The van der Waals surface area contributed by atoms with Crippen LogP contribution in [0.5, 0.6) is 5.75 Å². The molecule has 23 heavy (non-hydrogen) atoms. The minimum absolute atomic E-state index is 0.0980. The highest BCUT2D eigenvalue weighted by atomic mass is 32.2. The van der Waals surface area contributed by atoms with E-state index in [4.69, 9.17) is 12.2 Å². The van der Waals surface area contributed by atoms with Gasteiger partial charge in [-0.2, -0.15) is 0 Å². The predicted molar refractivity (Wildman–Crippen MR) is 98.1 cm³/mol. The summed E-state index contributed by atoms with van der Waals surface area (Å²) in [6.07, 6.45) is 2.45. The van der Waals surface area contributed by atoms with Crippen LogP contribution in [0.3, 0.4) is 0 Å². The van der Waals surface area contributed by atoms with E-state index in [0.29, 0.717) is 21.3 Å². The van der Waals surface area contributed by atoms with Crippen molar-refractivity contribution in [1.82, 2.24) is 4.90 Å². The van der Waals surface area contributed by atoms with Gasteiger partial charge in [-0.3, -0.25) is 9.69 Å². The number of carbonyl (C=O) groups excluding carboxylic acids is 1. The van der Waals surface area contributed by atoms with Crippen molar-refractivity contribution in [2.24, 2.45) is 0 Å². The van der Waals surface area contributed by atoms with E-state index in [1.54, 1.807) is 29.2 Å². The third kappa shape index (κ3) is 3.63. The molecule has 1 amide bonds. The normalized spacial score (nSPS) is 16.3. The molecule has 0 unspecified atom stereocenters. The molecule has 1 aliphatic rings. The van der Waals surface area contributed by atoms with E-state index >= 15 is 0 Å². The molecule has 0 atom stereocenters. The van der Waals surface area contributed by atoms with Crippen molar-refractivity contribution >= 4 is 40.3 Å². The number of amides is 1. The van der Waals surface area contributed by atoms with Crippen molar-refractivity contribution in [3.05, 3.63) is 70.6 Å². The summed E-state index contributed by atoms with van der Waals surface area (Å²) in [6, 6.07) is 17.0. The number of thiocarbonyl (C=S) groups is 1. The van der Waals surface area contributed by atoms with Gasteiger partial charge < -0.3 is 5.11 Å². The second-order valence-corrected chi connectivity index (χ2v) is 6.80. The predicted octanol–water partition coefficient (Wildman–Crippen LogP) is 3.84. The number of hydrogen-bond acceptors (Lipinski definition) is 4. The van der Waals surface area contributed by atoms with E-state index in [9.17, 15) is 9.90 Å². The highest BCUT2D eigenvalue weighted by Gasteiger charge is 2.31. The van der Waals surface area contributed by atoms with Gasteiger partial charge in [-0.05, 0) is 24.1 Å². The fraction of sp³-hybridized carbons (Fsp3) is 0.111. The average molecular weight is 341 g/mol. The molecule has 1 aliphatic heterocycles. The Hall–Kier alpha value is -2.11. The summed E-state index contributed by atoms with van der Waals surface area (Å²) in [4.78, 5) is 14.7. The number of aromatic hydroxyl groups is 1.